The highest BCUT2D eigenvalue weighted by atomic mass is 16.5. The molecule has 1 aliphatic carbocycles. The Labute approximate surface area is 191 Å². The summed E-state index contributed by atoms with van der Waals surface area (Å²) in [6.45, 7) is 6.36. The molecule has 0 radical (unpaired) electrons. The normalized spacial score (nSPS) is 14.6. The van der Waals surface area contributed by atoms with E-state index in [1.54, 1.807) is 0 Å². The van der Waals surface area contributed by atoms with Crippen LogP contribution in [0.15, 0.2) is 42.5 Å². The molecule has 1 aliphatic rings. The molecule has 1 N–H and O–H groups in total. The summed E-state index contributed by atoms with van der Waals surface area (Å²) in [4.78, 5) is 17.3. The van der Waals surface area contributed by atoms with Crippen molar-refractivity contribution in [3.8, 4) is 5.75 Å². The van der Waals surface area contributed by atoms with Crippen LogP contribution in [0, 0.1) is 19.8 Å². The average molecular weight is 434 g/mol. The van der Waals surface area contributed by atoms with E-state index >= 15 is 0 Å². The predicted octanol–water partition coefficient (Wildman–Crippen LogP) is 5.36. The molecule has 2 aromatic carbocycles. The smallest absolute Gasteiger partial charge is 0.223 e. The van der Waals surface area contributed by atoms with Crippen LogP contribution >= 0.6 is 0 Å². The lowest BCUT2D eigenvalue weighted by molar-refractivity contribution is -0.125. The summed E-state index contributed by atoms with van der Waals surface area (Å²) in [7, 11) is 0. The molecule has 3 aromatic rings. The van der Waals surface area contributed by atoms with Crippen molar-refractivity contribution in [3.63, 3.8) is 0 Å². The van der Waals surface area contributed by atoms with Gasteiger partial charge in [-0.15, -0.1) is 0 Å². The number of aromatic nitrogens is 2. The Balaban J connectivity index is 1.35. The molecule has 5 heteroatoms. The average Bonchev–Trinajstić information content (AvgIpc) is 3.17. The van der Waals surface area contributed by atoms with Crippen LogP contribution in [0.5, 0.6) is 5.75 Å². The van der Waals surface area contributed by atoms with Crippen LogP contribution in [0.3, 0.4) is 0 Å². The molecule has 1 saturated carbocycles. The highest BCUT2D eigenvalue weighted by Gasteiger charge is 2.20. The van der Waals surface area contributed by atoms with Gasteiger partial charge >= 0.3 is 0 Å². The number of nitrogens with zero attached hydrogens (tertiary/aromatic N) is 2. The quantitative estimate of drug-likeness (QED) is 0.462. The molecule has 1 amide bonds. The van der Waals surface area contributed by atoms with Crippen molar-refractivity contribution in [2.24, 2.45) is 5.92 Å². The van der Waals surface area contributed by atoms with Gasteiger partial charge in [-0.1, -0.05) is 43.5 Å². The first-order valence-electron chi connectivity index (χ1n) is 12.0. The number of hydrogen-bond acceptors (Lipinski definition) is 3. The molecule has 0 bridgehead atoms. The first kappa shape index (κ1) is 22.4. The zero-order valence-electron chi connectivity index (χ0n) is 19.4. The third-order valence-corrected chi connectivity index (χ3v) is 6.70. The zero-order valence-corrected chi connectivity index (χ0v) is 19.4. The maximum absolute atomic E-state index is 12.5. The zero-order chi connectivity index (χ0) is 22.3. The lowest BCUT2D eigenvalue weighted by Crippen LogP contribution is -2.33. The maximum atomic E-state index is 12.5. The molecule has 5 nitrogen and oxygen atoms in total. The van der Waals surface area contributed by atoms with E-state index in [0.29, 0.717) is 13.2 Å². The predicted molar refractivity (Wildman–Crippen MR) is 129 cm³/mol. The van der Waals surface area contributed by atoms with E-state index in [9.17, 15) is 4.79 Å². The van der Waals surface area contributed by atoms with Gasteiger partial charge in [0.05, 0.1) is 17.6 Å². The molecule has 170 valence electrons. The first-order valence-corrected chi connectivity index (χ1v) is 12.0. The molecular weight excluding hydrogens is 398 g/mol. The minimum absolute atomic E-state index is 0.199. The monoisotopic (exact) mass is 433 g/mol. The number of rotatable bonds is 9. The second-order valence-corrected chi connectivity index (χ2v) is 8.94. The third kappa shape index (κ3) is 5.32. The van der Waals surface area contributed by atoms with Crippen molar-refractivity contribution in [2.75, 3.05) is 13.2 Å². The second kappa shape index (κ2) is 10.7. The molecule has 1 aromatic heterocycles. The molecule has 0 unspecified atom stereocenters. The lowest BCUT2D eigenvalue weighted by atomic mass is 9.89. The lowest BCUT2D eigenvalue weighted by Gasteiger charge is -2.20. The Hall–Kier alpha value is -2.82. The van der Waals surface area contributed by atoms with Gasteiger partial charge in [-0.2, -0.15) is 0 Å². The van der Waals surface area contributed by atoms with Crippen LogP contribution < -0.4 is 10.1 Å². The Morgan fingerprint density at radius 2 is 1.91 bits per heavy atom. The molecule has 1 heterocycles. The van der Waals surface area contributed by atoms with Crippen molar-refractivity contribution >= 4 is 16.9 Å². The van der Waals surface area contributed by atoms with E-state index in [1.807, 2.05) is 18.2 Å². The number of amides is 1. The van der Waals surface area contributed by atoms with Crippen molar-refractivity contribution in [1.29, 1.82) is 0 Å². The Bertz CT molecular complexity index is 1050. The van der Waals surface area contributed by atoms with Crippen LogP contribution in [0.4, 0.5) is 0 Å². The molecule has 32 heavy (non-hydrogen) atoms. The fourth-order valence-corrected chi connectivity index (χ4v) is 4.66. The van der Waals surface area contributed by atoms with Gasteiger partial charge < -0.3 is 14.6 Å². The van der Waals surface area contributed by atoms with E-state index in [4.69, 9.17) is 9.72 Å². The number of para-hydroxylation sites is 2. The van der Waals surface area contributed by atoms with E-state index in [0.717, 1.165) is 54.8 Å². The number of aryl methyl sites for hydroxylation is 2. The van der Waals surface area contributed by atoms with Gasteiger partial charge in [0.15, 0.2) is 0 Å². The summed E-state index contributed by atoms with van der Waals surface area (Å²) in [5, 5.41) is 3.16. The summed E-state index contributed by atoms with van der Waals surface area (Å²) in [5.41, 5.74) is 4.61. The third-order valence-electron chi connectivity index (χ3n) is 6.70. The van der Waals surface area contributed by atoms with E-state index in [2.05, 4.69) is 48.0 Å². The molecule has 0 atom stereocenters. The van der Waals surface area contributed by atoms with Crippen LogP contribution in [0.1, 0.15) is 55.5 Å². The maximum Gasteiger partial charge on any atom is 0.223 e. The van der Waals surface area contributed by atoms with Gasteiger partial charge in [-0.3, -0.25) is 4.79 Å². The largest absolute Gasteiger partial charge is 0.493 e. The number of benzene rings is 2. The van der Waals surface area contributed by atoms with E-state index in [-0.39, 0.29) is 11.8 Å². The van der Waals surface area contributed by atoms with Crippen LogP contribution in [-0.2, 0) is 17.8 Å². The van der Waals surface area contributed by atoms with Gasteiger partial charge in [-0.25, -0.2) is 4.98 Å². The van der Waals surface area contributed by atoms with E-state index < -0.39 is 0 Å². The number of nitrogens with one attached hydrogen (secondary N) is 1. The molecule has 1 fully saturated rings. The van der Waals surface area contributed by atoms with Gasteiger partial charge in [0, 0.05) is 25.4 Å². The molecule has 4 rings (SSSR count). The number of fused-ring (bicyclic) bond motifs is 1. The summed E-state index contributed by atoms with van der Waals surface area (Å²) in [6.07, 6.45) is 7.33. The van der Waals surface area contributed by atoms with Crippen LogP contribution in [-0.4, -0.2) is 28.6 Å². The molecule has 0 spiro atoms. The first-order chi connectivity index (χ1) is 15.6. The van der Waals surface area contributed by atoms with Crippen molar-refractivity contribution in [1.82, 2.24) is 14.9 Å². The van der Waals surface area contributed by atoms with Gasteiger partial charge in [0.1, 0.15) is 11.6 Å². The van der Waals surface area contributed by atoms with Crippen molar-refractivity contribution in [3.05, 3.63) is 59.4 Å². The number of carbonyl (C=O) groups is 1. The van der Waals surface area contributed by atoms with Crippen LogP contribution in [0.25, 0.3) is 11.0 Å². The highest BCUT2D eigenvalue weighted by molar-refractivity contribution is 5.78. The summed E-state index contributed by atoms with van der Waals surface area (Å²) in [5.74, 6) is 2.41. The number of hydrogen-bond donors (Lipinski definition) is 1. The Morgan fingerprint density at radius 3 is 2.75 bits per heavy atom. The topological polar surface area (TPSA) is 56.1 Å². The highest BCUT2D eigenvalue weighted by Crippen LogP contribution is 2.24. The molecule has 0 aliphatic heterocycles. The minimum atomic E-state index is 0.199. The van der Waals surface area contributed by atoms with Gasteiger partial charge in [0.25, 0.3) is 0 Å². The van der Waals surface area contributed by atoms with Crippen molar-refractivity contribution in [2.45, 2.75) is 65.3 Å². The summed E-state index contributed by atoms with van der Waals surface area (Å²) >= 11 is 0. The number of ether oxygens (including phenoxy) is 1. The van der Waals surface area contributed by atoms with Crippen molar-refractivity contribution < 1.29 is 9.53 Å². The summed E-state index contributed by atoms with van der Waals surface area (Å²) in [6, 6.07) is 14.5. The molecular formula is C27H35N3O2. The van der Waals surface area contributed by atoms with Gasteiger partial charge in [-0.05, 0) is 62.4 Å². The molecule has 0 saturated heterocycles. The Morgan fingerprint density at radius 1 is 1.09 bits per heavy atom. The fourth-order valence-electron chi connectivity index (χ4n) is 4.66. The summed E-state index contributed by atoms with van der Waals surface area (Å²) < 4.78 is 8.34. The standard InChI is InChI=1S/C27H35N3O2/c1-20-10-8-15-25(21(20)2)32-19-9-18-30-24-14-7-6-13-23(24)29-26(30)16-17-28-27(31)22-11-4-3-5-12-22/h6-8,10,13-15,22H,3-5,9,11-12,16-19H2,1-2H3,(H,28,31). The second-order valence-electron chi connectivity index (χ2n) is 8.94. The Kier molecular flexibility index (Phi) is 7.46. The number of carbonyl (C=O) groups excluding carboxylic acids is 1. The minimum Gasteiger partial charge on any atom is -0.493 e. The van der Waals surface area contributed by atoms with Crippen LogP contribution in [0.2, 0.25) is 0 Å². The SMILES string of the molecule is Cc1cccc(OCCCn2c(CCNC(=O)C3CCCCC3)nc3ccccc32)c1C. The van der Waals surface area contributed by atoms with Gasteiger partial charge in [0.2, 0.25) is 5.91 Å². The van der Waals surface area contributed by atoms with E-state index in [1.165, 1.54) is 30.4 Å². The fraction of sp³-hybridized carbons (Fsp3) is 0.481. The number of imidazole rings is 1.